The zero-order valence-corrected chi connectivity index (χ0v) is 17.8. The van der Waals surface area contributed by atoms with E-state index >= 15 is 0 Å². The Morgan fingerprint density at radius 3 is 2.22 bits per heavy atom. The van der Waals surface area contributed by atoms with E-state index in [1.165, 1.54) is 0 Å². The Morgan fingerprint density at radius 2 is 1.44 bits per heavy atom. The highest BCUT2D eigenvalue weighted by molar-refractivity contribution is 6.09. The molecule has 5 heteroatoms. The number of ether oxygens (including phenoxy) is 2. The molecule has 32 heavy (non-hydrogen) atoms. The molecule has 1 fully saturated rings. The molecule has 2 heterocycles. The predicted molar refractivity (Wildman–Crippen MR) is 121 cm³/mol. The molecule has 3 aromatic carbocycles. The number of ketones is 1. The number of likely N-dealkylation sites (tertiary alicyclic amines) is 1. The molecule has 5 nitrogen and oxygen atoms in total. The maximum absolute atomic E-state index is 13.3. The fourth-order valence-electron chi connectivity index (χ4n) is 4.43. The molecule has 1 unspecified atom stereocenters. The molecular formula is C27H25NO4. The van der Waals surface area contributed by atoms with Gasteiger partial charge in [0.25, 0.3) is 5.91 Å². The standard InChI is InChI=1S/C27H25NO4/c29-26(19-6-2-1-3-7-19)20-9-11-21(12-10-20)27(30)28-15-4-8-23(28)22-13-14-24-25(18-22)32-17-5-16-31-24/h1-3,6-7,9-14,18,23H,4-5,8,15-17H2. The van der Waals surface area contributed by atoms with Crippen LogP contribution in [0.25, 0.3) is 0 Å². The maximum Gasteiger partial charge on any atom is 0.254 e. The van der Waals surface area contributed by atoms with Gasteiger partial charge in [-0.25, -0.2) is 0 Å². The van der Waals surface area contributed by atoms with E-state index in [2.05, 4.69) is 0 Å². The second-order valence-corrected chi connectivity index (χ2v) is 8.19. The lowest BCUT2D eigenvalue weighted by Crippen LogP contribution is -2.30. The molecule has 0 aliphatic carbocycles. The Morgan fingerprint density at radius 1 is 0.750 bits per heavy atom. The van der Waals surface area contributed by atoms with E-state index in [0.717, 1.165) is 36.3 Å². The summed E-state index contributed by atoms with van der Waals surface area (Å²) in [7, 11) is 0. The fraction of sp³-hybridized carbons (Fsp3) is 0.259. The Hall–Kier alpha value is -3.60. The monoisotopic (exact) mass is 427 g/mol. The highest BCUT2D eigenvalue weighted by Gasteiger charge is 2.31. The molecule has 0 bridgehead atoms. The van der Waals surface area contributed by atoms with Gasteiger partial charge in [-0.2, -0.15) is 0 Å². The number of hydrogen-bond acceptors (Lipinski definition) is 4. The van der Waals surface area contributed by atoms with Gasteiger partial charge in [-0.3, -0.25) is 9.59 Å². The minimum absolute atomic E-state index is 0.00489. The summed E-state index contributed by atoms with van der Waals surface area (Å²) in [6, 6.07) is 22.1. The summed E-state index contributed by atoms with van der Waals surface area (Å²) in [4.78, 5) is 27.9. The fourth-order valence-corrected chi connectivity index (χ4v) is 4.43. The third-order valence-electron chi connectivity index (χ3n) is 6.10. The van der Waals surface area contributed by atoms with Crippen LogP contribution in [0.4, 0.5) is 0 Å². The van der Waals surface area contributed by atoms with Crippen molar-refractivity contribution in [2.24, 2.45) is 0 Å². The minimum Gasteiger partial charge on any atom is -0.490 e. The smallest absolute Gasteiger partial charge is 0.254 e. The summed E-state index contributed by atoms with van der Waals surface area (Å²) < 4.78 is 11.6. The number of amides is 1. The average molecular weight is 428 g/mol. The predicted octanol–water partition coefficient (Wildman–Crippen LogP) is 5.06. The zero-order chi connectivity index (χ0) is 21.9. The van der Waals surface area contributed by atoms with Crippen molar-refractivity contribution in [2.45, 2.75) is 25.3 Å². The van der Waals surface area contributed by atoms with Gasteiger partial charge in [0, 0.05) is 29.7 Å². The van der Waals surface area contributed by atoms with E-state index in [1.807, 2.05) is 41.3 Å². The highest BCUT2D eigenvalue weighted by atomic mass is 16.5. The Balaban J connectivity index is 1.35. The lowest BCUT2D eigenvalue weighted by molar-refractivity contribution is 0.0735. The quantitative estimate of drug-likeness (QED) is 0.547. The van der Waals surface area contributed by atoms with E-state index in [4.69, 9.17) is 9.47 Å². The summed E-state index contributed by atoms with van der Waals surface area (Å²) in [5.41, 5.74) is 2.88. The Kier molecular flexibility index (Phi) is 5.63. The number of fused-ring (bicyclic) bond motifs is 1. The Labute approximate surface area is 187 Å². The van der Waals surface area contributed by atoms with Crippen molar-refractivity contribution in [1.29, 1.82) is 0 Å². The molecular weight excluding hydrogens is 402 g/mol. The van der Waals surface area contributed by atoms with Crippen LogP contribution in [0.1, 0.15) is 57.1 Å². The van der Waals surface area contributed by atoms with Crippen molar-refractivity contribution in [3.8, 4) is 11.5 Å². The molecule has 0 aromatic heterocycles. The number of carbonyl (C=O) groups excluding carboxylic acids is 2. The molecule has 2 aliphatic heterocycles. The van der Waals surface area contributed by atoms with Crippen LogP contribution in [-0.4, -0.2) is 36.3 Å². The van der Waals surface area contributed by atoms with E-state index < -0.39 is 0 Å². The van der Waals surface area contributed by atoms with Crippen LogP contribution in [0, 0.1) is 0 Å². The van der Waals surface area contributed by atoms with E-state index in [1.54, 1.807) is 36.4 Å². The first-order chi connectivity index (χ1) is 15.7. The third-order valence-corrected chi connectivity index (χ3v) is 6.10. The van der Waals surface area contributed by atoms with E-state index in [0.29, 0.717) is 36.4 Å². The summed E-state index contributed by atoms with van der Waals surface area (Å²) in [5, 5.41) is 0. The normalized spacial score (nSPS) is 17.6. The topological polar surface area (TPSA) is 55.8 Å². The molecule has 0 radical (unpaired) electrons. The van der Waals surface area contributed by atoms with Crippen LogP contribution in [-0.2, 0) is 0 Å². The number of carbonyl (C=O) groups is 2. The van der Waals surface area contributed by atoms with Crippen LogP contribution in [0.15, 0.2) is 72.8 Å². The van der Waals surface area contributed by atoms with Crippen LogP contribution in [0.2, 0.25) is 0 Å². The van der Waals surface area contributed by atoms with E-state index in [9.17, 15) is 9.59 Å². The molecule has 0 spiro atoms. The molecule has 1 atom stereocenters. The summed E-state index contributed by atoms with van der Waals surface area (Å²) in [5.74, 6) is 1.46. The highest BCUT2D eigenvalue weighted by Crippen LogP contribution is 2.38. The van der Waals surface area contributed by atoms with Crippen molar-refractivity contribution < 1.29 is 19.1 Å². The maximum atomic E-state index is 13.3. The van der Waals surface area contributed by atoms with Crippen molar-refractivity contribution in [3.63, 3.8) is 0 Å². The molecule has 1 saturated heterocycles. The minimum atomic E-state index is -0.0455. The first-order valence-electron chi connectivity index (χ1n) is 11.1. The van der Waals surface area contributed by atoms with Crippen LogP contribution in [0.5, 0.6) is 11.5 Å². The molecule has 0 saturated carbocycles. The molecule has 0 N–H and O–H groups in total. The lowest BCUT2D eigenvalue weighted by atomic mass is 10.0. The summed E-state index contributed by atoms with van der Waals surface area (Å²) in [6.45, 7) is 2.00. The van der Waals surface area contributed by atoms with E-state index in [-0.39, 0.29) is 17.7 Å². The van der Waals surface area contributed by atoms with Crippen LogP contribution >= 0.6 is 0 Å². The number of hydrogen-bond donors (Lipinski definition) is 0. The van der Waals surface area contributed by atoms with Gasteiger partial charge in [-0.15, -0.1) is 0 Å². The van der Waals surface area contributed by atoms with Gasteiger partial charge in [0.1, 0.15) is 0 Å². The first kappa shape index (κ1) is 20.3. The SMILES string of the molecule is O=C(c1ccccc1)c1ccc(C(=O)N2CCCC2c2ccc3c(c2)OCCCO3)cc1. The van der Waals surface area contributed by atoms with Gasteiger partial charge in [0.15, 0.2) is 17.3 Å². The van der Waals surface area contributed by atoms with Crippen LogP contribution < -0.4 is 9.47 Å². The second-order valence-electron chi connectivity index (χ2n) is 8.19. The molecule has 1 amide bonds. The van der Waals surface area contributed by atoms with Crippen LogP contribution in [0.3, 0.4) is 0 Å². The van der Waals surface area contributed by atoms with Gasteiger partial charge in [-0.05, 0) is 42.7 Å². The second kappa shape index (κ2) is 8.87. The largest absolute Gasteiger partial charge is 0.490 e. The average Bonchev–Trinajstić information content (AvgIpc) is 3.22. The number of nitrogens with zero attached hydrogens (tertiary/aromatic N) is 1. The number of benzene rings is 3. The molecule has 3 aromatic rings. The Bertz CT molecular complexity index is 1120. The first-order valence-corrected chi connectivity index (χ1v) is 11.1. The summed E-state index contributed by atoms with van der Waals surface area (Å²) in [6.07, 6.45) is 2.73. The van der Waals surface area contributed by atoms with Gasteiger partial charge >= 0.3 is 0 Å². The molecule has 5 rings (SSSR count). The van der Waals surface area contributed by atoms with Gasteiger partial charge in [0.2, 0.25) is 0 Å². The zero-order valence-electron chi connectivity index (χ0n) is 17.8. The van der Waals surface area contributed by atoms with Gasteiger partial charge < -0.3 is 14.4 Å². The van der Waals surface area contributed by atoms with Crippen molar-refractivity contribution in [3.05, 3.63) is 95.1 Å². The number of rotatable bonds is 4. The molecule has 2 aliphatic rings. The van der Waals surface area contributed by atoms with Gasteiger partial charge in [0.05, 0.1) is 19.3 Å². The van der Waals surface area contributed by atoms with Crippen molar-refractivity contribution in [1.82, 2.24) is 4.90 Å². The third kappa shape index (κ3) is 3.98. The molecule has 162 valence electrons. The summed E-state index contributed by atoms with van der Waals surface area (Å²) >= 11 is 0. The van der Waals surface area contributed by atoms with Crippen molar-refractivity contribution in [2.75, 3.05) is 19.8 Å². The van der Waals surface area contributed by atoms with Gasteiger partial charge in [-0.1, -0.05) is 48.5 Å². The van der Waals surface area contributed by atoms with Crippen molar-refractivity contribution >= 4 is 11.7 Å². The lowest BCUT2D eigenvalue weighted by Gasteiger charge is -2.26.